The Bertz CT molecular complexity index is 188. The molecule has 0 aromatic rings. The first kappa shape index (κ1) is 8.04. The molecule has 0 radical (unpaired) electrons. The molecule has 0 saturated carbocycles. The van der Waals surface area contributed by atoms with E-state index in [0.717, 1.165) is 25.0 Å². The Morgan fingerprint density at radius 2 is 2.55 bits per heavy atom. The second kappa shape index (κ2) is 3.37. The summed E-state index contributed by atoms with van der Waals surface area (Å²) in [5.74, 6) is 0. The number of hydrogen-bond donors (Lipinski definition) is 1. The highest BCUT2D eigenvalue weighted by molar-refractivity contribution is 5.88. The minimum Gasteiger partial charge on any atom is -0.350 e. The van der Waals surface area contributed by atoms with Crippen molar-refractivity contribution in [2.75, 3.05) is 6.54 Å². The molecule has 0 bridgehead atoms. The van der Waals surface area contributed by atoms with Crippen LogP contribution in [0.5, 0.6) is 0 Å². The van der Waals surface area contributed by atoms with Crippen LogP contribution in [-0.2, 0) is 0 Å². The molecule has 1 rings (SSSR count). The third-order valence-corrected chi connectivity index (χ3v) is 1.67. The second-order valence-corrected chi connectivity index (χ2v) is 2.63. The van der Waals surface area contributed by atoms with Crippen molar-refractivity contribution in [3.8, 4) is 0 Å². The number of hydrogen-bond acceptors (Lipinski definition) is 2. The van der Waals surface area contributed by atoms with Crippen LogP contribution in [0.15, 0.2) is 5.10 Å². The number of hydrazone groups is 1. The van der Waals surface area contributed by atoms with E-state index in [1.54, 1.807) is 0 Å². The molecule has 0 aromatic carbocycles. The fourth-order valence-corrected chi connectivity index (χ4v) is 1.13. The largest absolute Gasteiger partial charge is 0.350 e. The second-order valence-electron chi connectivity index (χ2n) is 2.63. The van der Waals surface area contributed by atoms with Crippen molar-refractivity contribution >= 4 is 11.7 Å². The van der Waals surface area contributed by atoms with Crippen LogP contribution in [0.25, 0.3) is 0 Å². The van der Waals surface area contributed by atoms with Gasteiger partial charge in [0.05, 0.1) is 6.54 Å². The summed E-state index contributed by atoms with van der Waals surface area (Å²) in [4.78, 5) is 10.6. The van der Waals surface area contributed by atoms with Crippen molar-refractivity contribution in [3.05, 3.63) is 0 Å². The summed E-state index contributed by atoms with van der Waals surface area (Å²) in [5, 5.41) is 5.38. The molecule has 4 heteroatoms. The van der Waals surface area contributed by atoms with Crippen LogP contribution in [0.3, 0.4) is 0 Å². The van der Waals surface area contributed by atoms with Crippen molar-refractivity contribution in [1.29, 1.82) is 0 Å². The van der Waals surface area contributed by atoms with E-state index in [0.29, 0.717) is 6.54 Å². The van der Waals surface area contributed by atoms with Crippen molar-refractivity contribution in [3.63, 3.8) is 0 Å². The molecule has 4 nitrogen and oxygen atoms in total. The Morgan fingerprint density at radius 3 is 3.00 bits per heavy atom. The van der Waals surface area contributed by atoms with Gasteiger partial charge in [-0.05, 0) is 6.42 Å². The monoisotopic (exact) mass is 155 g/mol. The van der Waals surface area contributed by atoms with Gasteiger partial charge in [-0.2, -0.15) is 5.10 Å². The smallest absolute Gasteiger partial charge is 0.335 e. The van der Waals surface area contributed by atoms with Gasteiger partial charge in [0.25, 0.3) is 0 Å². The van der Waals surface area contributed by atoms with Gasteiger partial charge in [0.2, 0.25) is 0 Å². The molecule has 2 amide bonds. The molecule has 0 unspecified atom stereocenters. The average Bonchev–Trinajstić information content (AvgIpc) is 2.37. The normalized spacial score (nSPS) is 16.8. The molecule has 0 aliphatic carbocycles. The van der Waals surface area contributed by atoms with Gasteiger partial charge in [0.15, 0.2) is 0 Å². The summed E-state index contributed by atoms with van der Waals surface area (Å²) in [5.41, 5.74) is 6.13. The number of nitrogens with zero attached hydrogens (tertiary/aromatic N) is 2. The van der Waals surface area contributed by atoms with Gasteiger partial charge < -0.3 is 5.73 Å². The Hall–Kier alpha value is -1.06. The number of urea groups is 1. The van der Waals surface area contributed by atoms with Gasteiger partial charge in [-0.15, -0.1) is 0 Å². The Morgan fingerprint density at radius 1 is 1.82 bits per heavy atom. The molecule has 1 heterocycles. The van der Waals surface area contributed by atoms with E-state index in [-0.39, 0.29) is 0 Å². The third kappa shape index (κ3) is 1.93. The predicted octanol–water partition coefficient (Wildman–Crippen LogP) is 0.927. The highest BCUT2D eigenvalue weighted by atomic mass is 16.2. The quantitative estimate of drug-likeness (QED) is 0.633. The van der Waals surface area contributed by atoms with Crippen LogP contribution in [-0.4, -0.2) is 23.3 Å². The van der Waals surface area contributed by atoms with Crippen molar-refractivity contribution in [1.82, 2.24) is 5.01 Å². The summed E-state index contributed by atoms with van der Waals surface area (Å²) in [6, 6.07) is -0.448. The van der Waals surface area contributed by atoms with Crippen molar-refractivity contribution in [2.45, 2.75) is 26.2 Å². The Balaban J connectivity index is 2.47. The summed E-state index contributed by atoms with van der Waals surface area (Å²) < 4.78 is 0. The van der Waals surface area contributed by atoms with E-state index >= 15 is 0 Å². The van der Waals surface area contributed by atoms with Crippen LogP contribution in [0.2, 0.25) is 0 Å². The number of amides is 2. The summed E-state index contributed by atoms with van der Waals surface area (Å²) >= 11 is 0. The lowest BCUT2D eigenvalue weighted by Gasteiger charge is -2.04. The van der Waals surface area contributed by atoms with Gasteiger partial charge in [0.1, 0.15) is 0 Å². The summed E-state index contributed by atoms with van der Waals surface area (Å²) in [6.45, 7) is 2.75. The van der Waals surface area contributed by atoms with Gasteiger partial charge in [-0.1, -0.05) is 13.3 Å². The predicted molar refractivity (Wildman–Crippen MR) is 43.2 cm³/mol. The molecule has 0 saturated heterocycles. The maximum atomic E-state index is 10.6. The fraction of sp³-hybridized carbons (Fsp3) is 0.714. The summed E-state index contributed by atoms with van der Waals surface area (Å²) in [6.07, 6.45) is 2.94. The molecule has 11 heavy (non-hydrogen) atoms. The lowest BCUT2D eigenvalue weighted by Crippen LogP contribution is -2.29. The van der Waals surface area contributed by atoms with E-state index in [9.17, 15) is 4.79 Å². The summed E-state index contributed by atoms with van der Waals surface area (Å²) in [7, 11) is 0. The Kier molecular flexibility index (Phi) is 2.46. The average molecular weight is 155 g/mol. The molecular weight excluding hydrogens is 142 g/mol. The molecular formula is C7H13N3O. The molecule has 0 aromatic heterocycles. The first-order chi connectivity index (χ1) is 5.24. The first-order valence-electron chi connectivity index (χ1n) is 3.87. The van der Waals surface area contributed by atoms with E-state index < -0.39 is 6.03 Å². The van der Waals surface area contributed by atoms with Crippen molar-refractivity contribution < 1.29 is 4.79 Å². The molecule has 1 aliphatic heterocycles. The zero-order valence-corrected chi connectivity index (χ0v) is 6.71. The van der Waals surface area contributed by atoms with Crippen LogP contribution in [0.4, 0.5) is 4.79 Å². The van der Waals surface area contributed by atoms with E-state index in [1.165, 1.54) is 5.01 Å². The standard InChI is InChI=1S/C7H13N3O/c1-2-3-6-4-5-10(9-6)7(8)11/h2-5H2,1H3,(H2,8,11). The van der Waals surface area contributed by atoms with Gasteiger partial charge in [-0.3, -0.25) is 0 Å². The number of carbonyl (C=O) groups excluding carboxylic acids is 1. The molecule has 0 spiro atoms. The van der Waals surface area contributed by atoms with E-state index in [4.69, 9.17) is 5.73 Å². The molecule has 0 fully saturated rings. The third-order valence-electron chi connectivity index (χ3n) is 1.67. The zero-order chi connectivity index (χ0) is 8.27. The van der Waals surface area contributed by atoms with Crippen LogP contribution < -0.4 is 5.73 Å². The topological polar surface area (TPSA) is 58.7 Å². The molecule has 0 atom stereocenters. The number of primary amides is 1. The van der Waals surface area contributed by atoms with Crippen LogP contribution in [0.1, 0.15) is 26.2 Å². The maximum absolute atomic E-state index is 10.6. The molecule has 2 N–H and O–H groups in total. The lowest BCUT2D eigenvalue weighted by molar-refractivity contribution is 0.215. The highest BCUT2D eigenvalue weighted by Crippen LogP contribution is 2.09. The minimum atomic E-state index is -0.448. The van der Waals surface area contributed by atoms with Gasteiger partial charge in [-0.25, -0.2) is 9.80 Å². The SMILES string of the molecule is CCCC1=NN(C(N)=O)CC1. The highest BCUT2D eigenvalue weighted by Gasteiger charge is 2.16. The molecule has 1 aliphatic rings. The van der Waals surface area contributed by atoms with Gasteiger partial charge >= 0.3 is 6.03 Å². The number of nitrogens with two attached hydrogens (primary N) is 1. The zero-order valence-electron chi connectivity index (χ0n) is 6.71. The molecule has 62 valence electrons. The van der Waals surface area contributed by atoms with Crippen molar-refractivity contribution in [2.24, 2.45) is 10.8 Å². The van der Waals surface area contributed by atoms with E-state index in [1.807, 2.05) is 0 Å². The number of carbonyl (C=O) groups is 1. The Labute approximate surface area is 66.0 Å². The first-order valence-corrected chi connectivity index (χ1v) is 3.87. The van der Waals surface area contributed by atoms with Crippen LogP contribution >= 0.6 is 0 Å². The minimum absolute atomic E-state index is 0.448. The maximum Gasteiger partial charge on any atom is 0.335 e. The fourth-order valence-electron chi connectivity index (χ4n) is 1.13. The van der Waals surface area contributed by atoms with E-state index in [2.05, 4.69) is 12.0 Å². The number of rotatable bonds is 2. The van der Waals surface area contributed by atoms with Crippen LogP contribution in [0, 0.1) is 0 Å². The lowest BCUT2D eigenvalue weighted by atomic mass is 10.2. The van der Waals surface area contributed by atoms with Gasteiger partial charge in [0, 0.05) is 12.1 Å².